The fourth-order valence-electron chi connectivity index (χ4n) is 3.42. The van der Waals surface area contributed by atoms with E-state index in [1.165, 1.54) is 9.71 Å². The average molecular weight is 421 g/mol. The van der Waals surface area contributed by atoms with Gasteiger partial charge in [-0.3, -0.25) is 9.59 Å². The van der Waals surface area contributed by atoms with Crippen molar-refractivity contribution in [1.82, 2.24) is 10.3 Å². The van der Waals surface area contributed by atoms with Crippen molar-refractivity contribution < 1.29 is 9.59 Å². The highest BCUT2D eigenvalue weighted by molar-refractivity contribution is 7.18. The fourth-order valence-corrected chi connectivity index (χ4v) is 4.43. The van der Waals surface area contributed by atoms with E-state index in [9.17, 15) is 9.59 Å². The zero-order valence-electron chi connectivity index (χ0n) is 17.1. The molecule has 1 aliphatic heterocycles. The minimum atomic E-state index is -0.206. The van der Waals surface area contributed by atoms with Gasteiger partial charge in [0.2, 0.25) is 5.91 Å². The van der Waals surface area contributed by atoms with Crippen LogP contribution in [0.25, 0.3) is 10.2 Å². The molecule has 1 N–H and O–H groups in total. The lowest BCUT2D eigenvalue weighted by Gasteiger charge is -2.24. The molecule has 1 aromatic heterocycles. The molecule has 6 nitrogen and oxygen atoms in total. The van der Waals surface area contributed by atoms with E-state index in [2.05, 4.69) is 21.5 Å². The van der Waals surface area contributed by atoms with Gasteiger partial charge in [-0.1, -0.05) is 24.3 Å². The topological polar surface area (TPSA) is 74.7 Å². The Kier molecular flexibility index (Phi) is 5.90. The average Bonchev–Trinajstić information content (AvgIpc) is 3.16. The number of nitrogens with one attached hydrogen (secondary N) is 1. The lowest BCUT2D eigenvalue weighted by molar-refractivity contribution is -0.119. The maximum Gasteiger partial charge on any atom is 0.267 e. The molecule has 0 unspecified atom stereocenters. The number of aromatic nitrogens is 1. The first kappa shape index (κ1) is 20.2. The molecular weight excluding hydrogens is 396 g/mol. The largest absolute Gasteiger partial charge is 0.351 e. The van der Waals surface area contributed by atoms with Crippen molar-refractivity contribution in [3.8, 4) is 0 Å². The van der Waals surface area contributed by atoms with Crippen molar-refractivity contribution in [3.05, 3.63) is 58.6 Å². The van der Waals surface area contributed by atoms with Crippen molar-refractivity contribution in [2.45, 2.75) is 39.5 Å². The Labute approximate surface area is 179 Å². The number of benzene rings is 2. The van der Waals surface area contributed by atoms with Crippen molar-refractivity contribution in [2.24, 2.45) is 5.10 Å². The number of carbonyl (C=O) groups is 2. The first-order valence-corrected chi connectivity index (χ1v) is 10.9. The van der Waals surface area contributed by atoms with Crippen LogP contribution in [0.3, 0.4) is 0 Å². The molecular formula is C23H24N4O2S. The van der Waals surface area contributed by atoms with Gasteiger partial charge in [-0.2, -0.15) is 5.10 Å². The highest BCUT2D eigenvalue weighted by atomic mass is 32.1. The van der Waals surface area contributed by atoms with E-state index in [4.69, 9.17) is 0 Å². The summed E-state index contributed by atoms with van der Waals surface area (Å²) in [4.78, 5) is 29.6. The summed E-state index contributed by atoms with van der Waals surface area (Å²) in [6.07, 6.45) is 2.27. The fraction of sp³-hybridized carbons (Fsp3) is 0.304. The number of anilines is 1. The predicted octanol–water partition coefficient (Wildman–Crippen LogP) is 4.14. The Hall–Kier alpha value is -3.06. The summed E-state index contributed by atoms with van der Waals surface area (Å²) in [7, 11) is 0. The summed E-state index contributed by atoms with van der Waals surface area (Å²) in [6, 6.07) is 14.0. The van der Waals surface area contributed by atoms with Crippen molar-refractivity contribution in [2.75, 3.05) is 11.6 Å². The summed E-state index contributed by atoms with van der Waals surface area (Å²) >= 11 is 1.69. The summed E-state index contributed by atoms with van der Waals surface area (Å²) in [5, 5.41) is 9.77. The maximum absolute atomic E-state index is 12.6. The smallest absolute Gasteiger partial charge is 0.267 e. The molecule has 4 rings (SSSR count). The van der Waals surface area contributed by atoms with E-state index < -0.39 is 0 Å². The van der Waals surface area contributed by atoms with E-state index in [-0.39, 0.29) is 18.2 Å². The number of hydrogen-bond donors (Lipinski definition) is 1. The Balaban J connectivity index is 1.36. The van der Waals surface area contributed by atoms with Gasteiger partial charge in [0.1, 0.15) is 5.71 Å². The Morgan fingerprint density at radius 2 is 2.00 bits per heavy atom. The van der Waals surface area contributed by atoms with E-state index >= 15 is 0 Å². The summed E-state index contributed by atoms with van der Waals surface area (Å²) < 4.78 is 1.18. The van der Waals surface area contributed by atoms with Gasteiger partial charge in [0.25, 0.3) is 5.91 Å². The van der Waals surface area contributed by atoms with E-state index in [0.717, 1.165) is 40.2 Å². The minimum absolute atomic E-state index is 0.0870. The Morgan fingerprint density at radius 3 is 2.83 bits per heavy atom. The first-order valence-electron chi connectivity index (χ1n) is 10.1. The van der Waals surface area contributed by atoms with E-state index in [0.29, 0.717) is 18.7 Å². The number of hydrogen-bond acceptors (Lipinski definition) is 5. The zero-order chi connectivity index (χ0) is 21.1. The number of para-hydroxylation sites is 1. The molecule has 0 saturated heterocycles. The van der Waals surface area contributed by atoms with Crippen LogP contribution in [0, 0.1) is 13.8 Å². The van der Waals surface area contributed by atoms with Crippen LogP contribution < -0.4 is 10.3 Å². The number of carbonyl (C=O) groups excluding carboxylic acids is 2. The Bertz CT molecular complexity index is 1100. The van der Waals surface area contributed by atoms with Crippen LogP contribution in [0.5, 0.6) is 0 Å². The number of fused-ring (bicyclic) bond motifs is 1. The lowest BCUT2D eigenvalue weighted by Crippen LogP contribution is -2.39. The van der Waals surface area contributed by atoms with E-state index in [1.54, 1.807) is 11.3 Å². The number of hydrazone groups is 1. The molecule has 2 amide bonds. The molecule has 0 radical (unpaired) electrons. The van der Waals surface area contributed by atoms with Crippen LogP contribution in [0.2, 0.25) is 0 Å². The van der Waals surface area contributed by atoms with Gasteiger partial charge in [0.05, 0.1) is 20.9 Å². The second-order valence-corrected chi connectivity index (χ2v) is 8.59. The molecule has 2 heterocycles. The second-order valence-electron chi connectivity index (χ2n) is 7.48. The third-order valence-electron chi connectivity index (χ3n) is 5.08. The van der Waals surface area contributed by atoms with Crippen LogP contribution in [-0.2, 0) is 16.0 Å². The van der Waals surface area contributed by atoms with Gasteiger partial charge in [-0.25, -0.2) is 9.99 Å². The van der Waals surface area contributed by atoms with Crippen molar-refractivity contribution in [3.63, 3.8) is 0 Å². The number of aryl methyl sites for hydroxylation is 3. The number of nitrogens with zero attached hydrogens (tertiary/aromatic N) is 3. The van der Waals surface area contributed by atoms with Crippen LogP contribution >= 0.6 is 11.3 Å². The van der Waals surface area contributed by atoms with Crippen molar-refractivity contribution >= 4 is 44.8 Å². The highest BCUT2D eigenvalue weighted by Gasteiger charge is 2.26. The van der Waals surface area contributed by atoms with Crippen LogP contribution in [0.1, 0.15) is 35.4 Å². The lowest BCUT2D eigenvalue weighted by atomic mass is 10.1. The Morgan fingerprint density at radius 1 is 1.17 bits per heavy atom. The molecule has 30 heavy (non-hydrogen) atoms. The monoisotopic (exact) mass is 420 g/mol. The third kappa shape index (κ3) is 4.41. The van der Waals surface area contributed by atoms with Crippen LogP contribution in [0.15, 0.2) is 47.6 Å². The first-order chi connectivity index (χ1) is 14.5. The van der Waals surface area contributed by atoms with Crippen LogP contribution in [0.4, 0.5) is 5.69 Å². The van der Waals surface area contributed by atoms with E-state index in [1.807, 2.05) is 50.2 Å². The maximum atomic E-state index is 12.6. The number of thiazole rings is 1. The summed E-state index contributed by atoms with van der Waals surface area (Å²) in [5.74, 6) is -0.293. The SMILES string of the molecule is Cc1ccc(C)c(N2N=C(C(=O)NCCCc3nc4ccccc4s3)CCC2=O)c1. The van der Waals surface area contributed by atoms with Gasteiger partial charge in [-0.15, -0.1) is 11.3 Å². The molecule has 0 saturated carbocycles. The molecule has 3 aromatic rings. The molecule has 1 aliphatic rings. The quantitative estimate of drug-likeness (QED) is 0.609. The third-order valence-corrected chi connectivity index (χ3v) is 6.17. The van der Waals surface area contributed by atoms with Gasteiger partial charge in [0, 0.05) is 25.8 Å². The second kappa shape index (κ2) is 8.75. The molecule has 0 bridgehead atoms. The number of rotatable bonds is 6. The molecule has 0 spiro atoms. The van der Waals surface area contributed by atoms with Gasteiger partial charge >= 0.3 is 0 Å². The summed E-state index contributed by atoms with van der Waals surface area (Å²) in [5.41, 5.74) is 4.16. The van der Waals surface area contributed by atoms with Gasteiger partial charge in [0.15, 0.2) is 0 Å². The normalized spacial score (nSPS) is 14.1. The molecule has 7 heteroatoms. The summed E-state index contributed by atoms with van der Waals surface area (Å²) in [6.45, 7) is 4.46. The van der Waals surface area contributed by atoms with Crippen molar-refractivity contribution in [1.29, 1.82) is 0 Å². The highest BCUT2D eigenvalue weighted by Crippen LogP contribution is 2.25. The van der Waals surface area contributed by atoms with Gasteiger partial charge < -0.3 is 5.32 Å². The molecule has 0 atom stereocenters. The molecule has 0 aliphatic carbocycles. The minimum Gasteiger partial charge on any atom is -0.351 e. The standard InChI is InChI=1S/C23H24N4O2S/c1-15-9-10-16(2)19(14-15)27-22(28)12-11-18(26-27)23(29)24-13-5-8-21-25-17-6-3-4-7-20(17)30-21/h3-4,6-7,9-10,14H,5,8,11-13H2,1-2H3,(H,24,29). The van der Waals surface area contributed by atoms with Gasteiger partial charge in [-0.05, 0) is 49.6 Å². The zero-order valence-corrected chi connectivity index (χ0v) is 18.0. The number of amides is 2. The predicted molar refractivity (Wildman–Crippen MR) is 121 cm³/mol. The molecule has 2 aromatic carbocycles. The molecule has 0 fully saturated rings. The van der Waals surface area contributed by atoms with Crippen LogP contribution in [-0.4, -0.2) is 29.1 Å². The molecule has 154 valence electrons.